The van der Waals surface area contributed by atoms with Crippen LogP contribution in [-0.2, 0) is 5.41 Å². The number of aromatic nitrogens is 1. The summed E-state index contributed by atoms with van der Waals surface area (Å²) in [6.45, 7) is 3.97. The minimum Gasteiger partial charge on any atom is -0.339 e. The molecule has 0 aliphatic carbocycles. The first kappa shape index (κ1) is 26.2. The van der Waals surface area contributed by atoms with Crippen molar-refractivity contribution in [2.75, 3.05) is 32.7 Å². The maximum atomic E-state index is 14.2. The Labute approximate surface area is 222 Å². The van der Waals surface area contributed by atoms with E-state index < -0.39 is 17.9 Å². The Morgan fingerprint density at radius 2 is 1.63 bits per heavy atom. The average molecular weight is 522 g/mol. The van der Waals surface area contributed by atoms with E-state index in [0.29, 0.717) is 69.5 Å². The summed E-state index contributed by atoms with van der Waals surface area (Å²) in [6, 6.07) is 13.7. The molecular formula is C29H33F2N5O2. The highest BCUT2D eigenvalue weighted by atomic mass is 19.2. The number of benzene rings is 1. The zero-order chi connectivity index (χ0) is 26.9. The van der Waals surface area contributed by atoms with E-state index in [2.05, 4.69) is 11.1 Å². The summed E-state index contributed by atoms with van der Waals surface area (Å²) >= 11 is 0. The number of hydrogen-bond acceptors (Lipinski definition) is 5. The van der Waals surface area contributed by atoms with Gasteiger partial charge in [0.15, 0.2) is 6.30 Å². The van der Waals surface area contributed by atoms with Crippen LogP contribution in [0.2, 0.25) is 0 Å². The highest BCUT2D eigenvalue weighted by molar-refractivity contribution is 5.99. The summed E-state index contributed by atoms with van der Waals surface area (Å²) in [5, 5.41) is 9.95. The third-order valence-electron chi connectivity index (χ3n) is 8.50. The van der Waals surface area contributed by atoms with Gasteiger partial charge in [-0.25, -0.2) is 8.78 Å². The normalized spacial score (nSPS) is 24.3. The van der Waals surface area contributed by atoms with E-state index in [4.69, 9.17) is 0 Å². The molecule has 2 atom stereocenters. The molecule has 5 rings (SSSR count). The van der Waals surface area contributed by atoms with Gasteiger partial charge in [-0.15, -0.1) is 0 Å². The molecule has 1 aromatic heterocycles. The molecule has 3 fully saturated rings. The Balaban J connectivity index is 1.23. The van der Waals surface area contributed by atoms with Crippen LogP contribution >= 0.6 is 0 Å². The van der Waals surface area contributed by atoms with Gasteiger partial charge >= 0.3 is 0 Å². The lowest BCUT2D eigenvalue weighted by Crippen LogP contribution is -2.48. The van der Waals surface area contributed by atoms with Gasteiger partial charge in [0.2, 0.25) is 0 Å². The van der Waals surface area contributed by atoms with Crippen molar-refractivity contribution in [1.82, 2.24) is 19.7 Å². The number of amides is 2. The second-order valence-corrected chi connectivity index (χ2v) is 10.7. The molecule has 2 unspecified atom stereocenters. The number of carbonyl (C=O) groups is 2. The number of nitriles is 1. The number of piperidine rings is 2. The smallest absolute Gasteiger partial charge is 0.272 e. The largest absolute Gasteiger partial charge is 0.339 e. The predicted octanol–water partition coefficient (Wildman–Crippen LogP) is 4.03. The van der Waals surface area contributed by atoms with Crippen molar-refractivity contribution in [1.29, 1.82) is 5.26 Å². The lowest BCUT2D eigenvalue weighted by atomic mass is 9.74. The van der Waals surface area contributed by atoms with Crippen molar-refractivity contribution in [3.63, 3.8) is 0 Å². The number of halogens is 2. The van der Waals surface area contributed by atoms with Crippen molar-refractivity contribution in [3.05, 3.63) is 65.0 Å². The number of carbonyl (C=O) groups excluding carboxylic acids is 2. The number of hydrogen-bond donors (Lipinski definition) is 0. The van der Waals surface area contributed by atoms with Crippen LogP contribution in [0.5, 0.6) is 0 Å². The SMILES string of the molecule is Cc1cnc(C(=O)N2CCC(C#N)(c3ccccc3)CC2)cc1C(=O)N1CCC(N2CCC(F)C2F)CC1. The molecule has 0 bridgehead atoms. The van der Waals surface area contributed by atoms with Crippen LogP contribution in [0.1, 0.15) is 64.1 Å². The van der Waals surface area contributed by atoms with Gasteiger partial charge in [-0.2, -0.15) is 5.26 Å². The van der Waals surface area contributed by atoms with Crippen molar-refractivity contribution < 1.29 is 18.4 Å². The maximum absolute atomic E-state index is 14.2. The van der Waals surface area contributed by atoms with Gasteiger partial charge in [-0.3, -0.25) is 19.5 Å². The van der Waals surface area contributed by atoms with E-state index in [1.165, 1.54) is 0 Å². The third-order valence-corrected chi connectivity index (χ3v) is 8.50. The summed E-state index contributed by atoms with van der Waals surface area (Å²) in [7, 11) is 0. The van der Waals surface area contributed by atoms with E-state index in [0.717, 1.165) is 5.56 Å². The fraction of sp³-hybridized carbons (Fsp3) is 0.517. The van der Waals surface area contributed by atoms with E-state index in [9.17, 15) is 23.6 Å². The first-order valence-electron chi connectivity index (χ1n) is 13.4. The lowest BCUT2D eigenvalue weighted by Gasteiger charge is -2.38. The molecule has 2 amide bonds. The van der Waals surface area contributed by atoms with Crippen molar-refractivity contribution >= 4 is 11.8 Å². The molecule has 0 spiro atoms. The minimum atomic E-state index is -1.56. The van der Waals surface area contributed by atoms with Crippen LogP contribution in [0.4, 0.5) is 8.78 Å². The average Bonchev–Trinajstić information content (AvgIpc) is 3.30. The fourth-order valence-corrected chi connectivity index (χ4v) is 6.04. The number of pyridine rings is 1. The molecule has 3 aliphatic rings. The van der Waals surface area contributed by atoms with E-state index >= 15 is 0 Å². The highest BCUT2D eigenvalue weighted by Gasteiger charge is 2.40. The summed E-state index contributed by atoms with van der Waals surface area (Å²) in [5.41, 5.74) is 1.68. The summed E-state index contributed by atoms with van der Waals surface area (Å²) in [6.07, 6.45) is 1.03. The Hall–Kier alpha value is -3.38. The van der Waals surface area contributed by atoms with Crippen LogP contribution in [-0.4, -0.2) is 82.7 Å². The molecule has 0 radical (unpaired) electrons. The first-order chi connectivity index (χ1) is 18.3. The van der Waals surface area contributed by atoms with Crippen LogP contribution in [0.15, 0.2) is 42.6 Å². The van der Waals surface area contributed by atoms with Gasteiger partial charge in [-0.1, -0.05) is 30.3 Å². The number of rotatable bonds is 4. The van der Waals surface area contributed by atoms with E-state index in [1.807, 2.05) is 30.3 Å². The standard InChI is InChI=1S/C29H33F2N5O2/c1-20-18-33-25(28(38)35-15-10-29(19-32,11-16-35)21-5-3-2-4-6-21)17-23(20)27(37)34-12-7-22(8-13-34)36-14-9-24(30)26(36)31/h2-6,17-18,22,24,26H,7-16H2,1H3. The molecular weight excluding hydrogens is 488 g/mol. The Bertz CT molecular complexity index is 1220. The van der Waals surface area contributed by atoms with Crippen molar-refractivity contribution in [3.8, 4) is 6.07 Å². The molecule has 38 heavy (non-hydrogen) atoms. The first-order valence-corrected chi connectivity index (χ1v) is 13.4. The lowest BCUT2D eigenvalue weighted by molar-refractivity contribution is 0.0173. The zero-order valence-electron chi connectivity index (χ0n) is 21.7. The molecule has 200 valence electrons. The second kappa shape index (κ2) is 10.8. The van der Waals surface area contributed by atoms with Crippen LogP contribution in [0.25, 0.3) is 0 Å². The second-order valence-electron chi connectivity index (χ2n) is 10.7. The molecule has 1 aromatic carbocycles. The summed E-state index contributed by atoms with van der Waals surface area (Å²) < 4.78 is 27.8. The molecule has 4 heterocycles. The molecule has 3 aliphatic heterocycles. The summed E-state index contributed by atoms with van der Waals surface area (Å²) in [5.74, 6) is -0.425. The molecule has 3 saturated heterocycles. The van der Waals surface area contributed by atoms with Crippen molar-refractivity contribution in [2.24, 2.45) is 0 Å². The van der Waals surface area contributed by atoms with E-state index in [1.54, 1.807) is 33.9 Å². The molecule has 7 nitrogen and oxygen atoms in total. The van der Waals surface area contributed by atoms with Gasteiger partial charge in [0, 0.05) is 50.5 Å². The van der Waals surface area contributed by atoms with Gasteiger partial charge in [0.25, 0.3) is 11.8 Å². The Kier molecular flexibility index (Phi) is 7.44. The quantitative estimate of drug-likeness (QED) is 0.568. The Morgan fingerprint density at radius 1 is 0.974 bits per heavy atom. The maximum Gasteiger partial charge on any atom is 0.272 e. The van der Waals surface area contributed by atoms with Gasteiger partial charge in [0.05, 0.1) is 11.5 Å². The van der Waals surface area contributed by atoms with Crippen LogP contribution in [0.3, 0.4) is 0 Å². The van der Waals surface area contributed by atoms with Gasteiger partial charge in [-0.05, 0) is 56.2 Å². The highest BCUT2D eigenvalue weighted by Crippen LogP contribution is 2.35. The predicted molar refractivity (Wildman–Crippen MR) is 138 cm³/mol. The van der Waals surface area contributed by atoms with E-state index in [-0.39, 0.29) is 30.0 Å². The minimum absolute atomic E-state index is 0.0685. The fourth-order valence-electron chi connectivity index (χ4n) is 6.04. The van der Waals surface area contributed by atoms with Crippen molar-refractivity contribution in [2.45, 2.75) is 63.0 Å². The molecule has 2 aromatic rings. The zero-order valence-corrected chi connectivity index (χ0v) is 21.7. The van der Waals surface area contributed by atoms with Gasteiger partial charge in [0.1, 0.15) is 11.9 Å². The molecule has 0 N–H and O–H groups in total. The van der Waals surface area contributed by atoms with Gasteiger partial charge < -0.3 is 9.80 Å². The number of nitrogens with zero attached hydrogens (tertiary/aromatic N) is 5. The number of aryl methyl sites for hydroxylation is 1. The third kappa shape index (κ3) is 4.90. The monoisotopic (exact) mass is 521 g/mol. The number of likely N-dealkylation sites (tertiary alicyclic amines) is 3. The Morgan fingerprint density at radius 3 is 2.24 bits per heavy atom. The molecule has 9 heteroatoms. The van der Waals surface area contributed by atoms with Crippen LogP contribution < -0.4 is 0 Å². The number of alkyl halides is 2. The summed E-state index contributed by atoms with van der Waals surface area (Å²) in [4.78, 5) is 36.1. The topological polar surface area (TPSA) is 80.5 Å². The molecule has 0 saturated carbocycles. The van der Waals surface area contributed by atoms with Crippen LogP contribution in [0, 0.1) is 18.3 Å².